The molecular weight excluding hydrogens is 186 g/mol. The molecule has 2 rings (SSSR count). The molecule has 0 bridgehead atoms. The quantitative estimate of drug-likeness (QED) is 0.577. The highest BCUT2D eigenvalue weighted by Crippen LogP contribution is 2.21. The zero-order chi connectivity index (χ0) is 10.3. The van der Waals surface area contributed by atoms with Gasteiger partial charge in [0.05, 0.1) is 11.1 Å². The number of nitrogens with zero attached hydrogens (tertiary/aromatic N) is 3. The minimum atomic E-state index is -0.729. The van der Waals surface area contributed by atoms with Crippen LogP contribution in [0.2, 0.25) is 0 Å². The molecule has 0 aromatic carbocycles. The van der Waals surface area contributed by atoms with E-state index in [4.69, 9.17) is 0 Å². The monoisotopic (exact) mass is 193 g/mol. The maximum absolute atomic E-state index is 11.1. The minimum Gasteiger partial charge on any atom is -0.507 e. The molecule has 2 N–H and O–H groups in total. The molecule has 72 valence electrons. The first-order chi connectivity index (χ1) is 6.61. The maximum Gasteiger partial charge on any atom is 0.288 e. The van der Waals surface area contributed by atoms with Crippen LogP contribution in [0.25, 0.3) is 11.0 Å². The molecule has 2 aromatic heterocycles. The first-order valence-electron chi connectivity index (χ1n) is 3.87. The number of hydrogen-bond acceptors (Lipinski definition) is 5. The zero-order valence-electron chi connectivity index (χ0n) is 7.30. The van der Waals surface area contributed by atoms with Crippen molar-refractivity contribution < 1.29 is 10.3 Å². The minimum absolute atomic E-state index is 0.00231. The Labute approximate surface area is 78.1 Å². The van der Waals surface area contributed by atoms with Crippen LogP contribution in [0.4, 0.5) is 0 Å². The molecular formula is C8H7N3O3. The fraction of sp³-hybridized carbons (Fsp3) is 0.125. The Bertz CT molecular complexity index is 561. The molecule has 0 saturated heterocycles. The standard InChI is InChI=1S/C8H7N3O3/c1-4-7-5(12)2-6(13)11(14)8(7)10-3-9-4/h2-3,12,14H,1H3. The molecule has 0 aliphatic heterocycles. The molecule has 2 heterocycles. The molecule has 6 heteroatoms. The van der Waals surface area contributed by atoms with E-state index >= 15 is 0 Å². The highest BCUT2D eigenvalue weighted by molar-refractivity contribution is 5.83. The molecule has 0 aliphatic carbocycles. The lowest BCUT2D eigenvalue weighted by molar-refractivity contribution is 0.186. The summed E-state index contributed by atoms with van der Waals surface area (Å²) >= 11 is 0. The van der Waals surface area contributed by atoms with Crippen molar-refractivity contribution in [3.8, 4) is 5.75 Å². The van der Waals surface area contributed by atoms with Crippen molar-refractivity contribution in [1.82, 2.24) is 14.7 Å². The van der Waals surface area contributed by atoms with Gasteiger partial charge in [-0.05, 0) is 6.92 Å². The van der Waals surface area contributed by atoms with E-state index in [0.717, 1.165) is 6.07 Å². The number of fused-ring (bicyclic) bond motifs is 1. The number of aryl methyl sites for hydroxylation is 1. The Morgan fingerprint density at radius 1 is 1.43 bits per heavy atom. The van der Waals surface area contributed by atoms with Crippen molar-refractivity contribution in [2.24, 2.45) is 0 Å². The van der Waals surface area contributed by atoms with Crippen molar-refractivity contribution in [3.05, 3.63) is 28.4 Å². The first kappa shape index (κ1) is 8.49. The first-order valence-corrected chi connectivity index (χ1v) is 3.87. The van der Waals surface area contributed by atoms with Crippen molar-refractivity contribution in [3.63, 3.8) is 0 Å². The van der Waals surface area contributed by atoms with Crippen molar-refractivity contribution in [1.29, 1.82) is 0 Å². The summed E-state index contributed by atoms with van der Waals surface area (Å²) in [7, 11) is 0. The van der Waals surface area contributed by atoms with Crippen LogP contribution in [0.3, 0.4) is 0 Å². The van der Waals surface area contributed by atoms with Gasteiger partial charge in [-0.15, -0.1) is 4.73 Å². The van der Waals surface area contributed by atoms with E-state index in [1.807, 2.05) is 0 Å². The molecule has 0 spiro atoms. The van der Waals surface area contributed by atoms with Crippen molar-refractivity contribution in [2.75, 3.05) is 0 Å². The largest absolute Gasteiger partial charge is 0.507 e. The summed E-state index contributed by atoms with van der Waals surface area (Å²) in [6, 6.07) is 0.915. The Balaban J connectivity index is 3.10. The van der Waals surface area contributed by atoms with Crippen LogP contribution in [-0.2, 0) is 0 Å². The van der Waals surface area contributed by atoms with E-state index in [0.29, 0.717) is 10.4 Å². The van der Waals surface area contributed by atoms with Crippen LogP contribution in [0.5, 0.6) is 5.75 Å². The molecule has 0 aliphatic rings. The predicted molar refractivity (Wildman–Crippen MR) is 47.4 cm³/mol. The van der Waals surface area contributed by atoms with Gasteiger partial charge in [-0.1, -0.05) is 0 Å². The van der Waals surface area contributed by atoms with Gasteiger partial charge in [-0.3, -0.25) is 4.79 Å². The SMILES string of the molecule is Cc1ncnc2c1c(O)cc(=O)n2O. The van der Waals surface area contributed by atoms with Gasteiger partial charge in [-0.2, -0.15) is 0 Å². The second kappa shape index (κ2) is 2.69. The average Bonchev–Trinajstić information content (AvgIpc) is 2.14. The van der Waals surface area contributed by atoms with E-state index in [2.05, 4.69) is 9.97 Å². The van der Waals surface area contributed by atoms with Gasteiger partial charge >= 0.3 is 0 Å². The van der Waals surface area contributed by atoms with Crippen LogP contribution >= 0.6 is 0 Å². The molecule has 6 nitrogen and oxygen atoms in total. The van der Waals surface area contributed by atoms with E-state index in [1.54, 1.807) is 6.92 Å². The molecule has 0 unspecified atom stereocenters. The van der Waals surface area contributed by atoms with E-state index in [-0.39, 0.29) is 16.8 Å². The lowest BCUT2D eigenvalue weighted by atomic mass is 10.2. The molecule has 0 saturated carbocycles. The van der Waals surface area contributed by atoms with E-state index in [1.165, 1.54) is 6.33 Å². The fourth-order valence-electron chi connectivity index (χ4n) is 1.28. The fourth-order valence-corrected chi connectivity index (χ4v) is 1.28. The lowest BCUT2D eigenvalue weighted by Gasteiger charge is -2.04. The summed E-state index contributed by atoms with van der Waals surface area (Å²) in [5.41, 5.74) is -0.231. The van der Waals surface area contributed by atoms with Crippen LogP contribution in [0.1, 0.15) is 5.69 Å². The third-order valence-corrected chi connectivity index (χ3v) is 1.94. The zero-order valence-corrected chi connectivity index (χ0v) is 7.30. The average molecular weight is 193 g/mol. The second-order valence-electron chi connectivity index (χ2n) is 2.84. The third-order valence-electron chi connectivity index (χ3n) is 1.94. The Morgan fingerprint density at radius 3 is 2.86 bits per heavy atom. The summed E-state index contributed by atoms with van der Waals surface area (Å²) < 4.78 is 0.379. The third kappa shape index (κ3) is 1.00. The normalized spacial score (nSPS) is 10.6. The Kier molecular flexibility index (Phi) is 1.63. The molecule has 0 atom stereocenters. The molecule has 14 heavy (non-hydrogen) atoms. The summed E-state index contributed by atoms with van der Waals surface area (Å²) in [6.45, 7) is 1.65. The summed E-state index contributed by atoms with van der Waals surface area (Å²) in [4.78, 5) is 18.6. The smallest absolute Gasteiger partial charge is 0.288 e. The van der Waals surface area contributed by atoms with E-state index < -0.39 is 5.56 Å². The van der Waals surface area contributed by atoms with Gasteiger partial charge < -0.3 is 10.3 Å². The predicted octanol–water partition coefficient (Wildman–Crippen LogP) is 0.0428. The number of hydrogen-bond donors (Lipinski definition) is 2. The van der Waals surface area contributed by atoms with Gasteiger partial charge in [0.2, 0.25) is 0 Å². The number of aromatic nitrogens is 3. The van der Waals surface area contributed by atoms with E-state index in [9.17, 15) is 15.1 Å². The van der Waals surface area contributed by atoms with Crippen molar-refractivity contribution >= 4 is 11.0 Å². The number of pyridine rings is 1. The highest BCUT2D eigenvalue weighted by Gasteiger charge is 2.10. The number of aromatic hydroxyl groups is 1. The van der Waals surface area contributed by atoms with Crippen LogP contribution in [-0.4, -0.2) is 25.0 Å². The molecule has 2 aromatic rings. The van der Waals surface area contributed by atoms with Crippen LogP contribution in [0, 0.1) is 6.92 Å². The van der Waals surface area contributed by atoms with Crippen molar-refractivity contribution in [2.45, 2.75) is 6.92 Å². The van der Waals surface area contributed by atoms with Crippen LogP contribution in [0.15, 0.2) is 17.2 Å². The molecule has 0 radical (unpaired) electrons. The molecule has 0 amide bonds. The van der Waals surface area contributed by atoms with Gasteiger partial charge in [0.1, 0.15) is 12.1 Å². The van der Waals surface area contributed by atoms with Crippen LogP contribution < -0.4 is 5.56 Å². The van der Waals surface area contributed by atoms with Gasteiger partial charge in [0, 0.05) is 6.07 Å². The lowest BCUT2D eigenvalue weighted by Crippen LogP contribution is -2.17. The summed E-state index contributed by atoms with van der Waals surface area (Å²) in [5, 5.41) is 19.0. The highest BCUT2D eigenvalue weighted by atomic mass is 16.5. The summed E-state index contributed by atoms with van der Waals surface area (Å²) in [6.07, 6.45) is 1.21. The number of rotatable bonds is 0. The van der Waals surface area contributed by atoms with Gasteiger partial charge in [-0.25, -0.2) is 9.97 Å². The van der Waals surface area contributed by atoms with Gasteiger partial charge in [0.15, 0.2) is 5.65 Å². The summed E-state index contributed by atoms with van der Waals surface area (Å²) in [5.74, 6) is -0.228. The maximum atomic E-state index is 11.1. The Morgan fingerprint density at radius 2 is 2.14 bits per heavy atom. The Hall–Kier alpha value is -2.11. The second-order valence-corrected chi connectivity index (χ2v) is 2.84. The topological polar surface area (TPSA) is 88.2 Å². The van der Waals surface area contributed by atoms with Gasteiger partial charge in [0.25, 0.3) is 5.56 Å². The molecule has 0 fully saturated rings.